The van der Waals surface area contributed by atoms with Gasteiger partial charge >= 0.3 is 0 Å². The zero-order valence-corrected chi connectivity index (χ0v) is 13.6. The summed E-state index contributed by atoms with van der Waals surface area (Å²) in [5.41, 5.74) is -0.349. The molecule has 1 saturated heterocycles. The van der Waals surface area contributed by atoms with Gasteiger partial charge < -0.3 is 10.6 Å². The van der Waals surface area contributed by atoms with E-state index in [0.29, 0.717) is 6.54 Å². The maximum Gasteiger partial charge on any atom is 0.240 e. The lowest BCUT2D eigenvalue weighted by atomic mass is 9.93. The molecule has 0 bridgehead atoms. The average Bonchev–Trinajstić information content (AvgIpc) is 2.99. The second-order valence-electron chi connectivity index (χ2n) is 5.07. The van der Waals surface area contributed by atoms with Gasteiger partial charge in [-0.05, 0) is 38.8 Å². The summed E-state index contributed by atoms with van der Waals surface area (Å²) in [6.45, 7) is 5.72. The lowest BCUT2D eigenvalue weighted by Gasteiger charge is -2.28. The maximum atomic E-state index is 12.3. The predicted octanol–water partition coefficient (Wildman–Crippen LogP) is 1.76. The summed E-state index contributed by atoms with van der Waals surface area (Å²) in [7, 11) is 0. The molecule has 2 N–H and O–H groups in total. The standard InChI is InChI=1S/C13H22N4O.2ClH/c1-3-13(6-4-7-14-13)12(18)16-11(2)10-17-9-5-8-15-17;;/h5,8-9,11,14H,3-4,6-7,10H2,1-2H3,(H,16,18);2*1H. The van der Waals surface area contributed by atoms with Crippen LogP contribution in [0, 0.1) is 0 Å². The fourth-order valence-corrected chi connectivity index (χ4v) is 2.56. The van der Waals surface area contributed by atoms with Gasteiger partial charge in [-0.3, -0.25) is 9.48 Å². The Morgan fingerprint density at radius 1 is 1.55 bits per heavy atom. The first-order valence-corrected chi connectivity index (χ1v) is 6.70. The van der Waals surface area contributed by atoms with Gasteiger partial charge in [-0.15, -0.1) is 24.8 Å². The van der Waals surface area contributed by atoms with E-state index in [9.17, 15) is 4.79 Å². The van der Waals surface area contributed by atoms with E-state index in [4.69, 9.17) is 0 Å². The molecule has 1 aliphatic rings. The second kappa shape index (κ2) is 8.49. The van der Waals surface area contributed by atoms with Crippen molar-refractivity contribution in [2.24, 2.45) is 0 Å². The Morgan fingerprint density at radius 3 is 2.80 bits per heavy atom. The molecule has 1 amide bonds. The van der Waals surface area contributed by atoms with E-state index in [1.807, 2.05) is 23.9 Å². The lowest BCUT2D eigenvalue weighted by Crippen LogP contribution is -2.55. The van der Waals surface area contributed by atoms with E-state index in [1.165, 1.54) is 0 Å². The van der Waals surface area contributed by atoms with Crippen molar-refractivity contribution in [2.75, 3.05) is 6.54 Å². The molecular weight excluding hydrogens is 299 g/mol. The minimum Gasteiger partial charge on any atom is -0.350 e. The smallest absolute Gasteiger partial charge is 0.240 e. The summed E-state index contributed by atoms with van der Waals surface area (Å²) in [5.74, 6) is 0.127. The first-order valence-electron chi connectivity index (χ1n) is 6.70. The van der Waals surface area contributed by atoms with Gasteiger partial charge in [0.1, 0.15) is 0 Å². The highest BCUT2D eigenvalue weighted by atomic mass is 35.5. The number of nitrogens with zero attached hydrogens (tertiary/aromatic N) is 2. The summed E-state index contributed by atoms with van der Waals surface area (Å²) < 4.78 is 1.84. The molecule has 2 rings (SSSR count). The fraction of sp³-hybridized carbons (Fsp3) is 0.692. The molecule has 2 heterocycles. The van der Waals surface area contributed by atoms with Gasteiger partial charge in [-0.2, -0.15) is 5.10 Å². The van der Waals surface area contributed by atoms with E-state index in [2.05, 4.69) is 22.7 Å². The van der Waals surface area contributed by atoms with Gasteiger partial charge in [0.25, 0.3) is 0 Å². The number of halogens is 2. The van der Waals surface area contributed by atoms with Crippen LogP contribution in [0.25, 0.3) is 0 Å². The summed E-state index contributed by atoms with van der Waals surface area (Å²) in [5, 5.41) is 10.6. The normalized spacial score (nSPS) is 22.5. The number of nitrogens with one attached hydrogen (secondary N) is 2. The lowest BCUT2D eigenvalue weighted by molar-refractivity contribution is -0.128. The number of hydrogen-bond donors (Lipinski definition) is 2. The molecule has 20 heavy (non-hydrogen) atoms. The molecule has 1 aliphatic heterocycles. The Bertz CT molecular complexity index is 391. The Morgan fingerprint density at radius 2 is 2.30 bits per heavy atom. The van der Waals surface area contributed by atoms with Gasteiger partial charge in [-0.25, -0.2) is 0 Å². The molecule has 1 aromatic rings. The van der Waals surface area contributed by atoms with Crippen molar-refractivity contribution in [3.05, 3.63) is 18.5 Å². The van der Waals surface area contributed by atoms with E-state index < -0.39 is 0 Å². The molecule has 0 radical (unpaired) electrons. The number of carbonyl (C=O) groups excluding carboxylic acids is 1. The van der Waals surface area contributed by atoms with Crippen molar-refractivity contribution in [1.82, 2.24) is 20.4 Å². The van der Waals surface area contributed by atoms with Crippen LogP contribution in [0.4, 0.5) is 0 Å². The van der Waals surface area contributed by atoms with Crippen LogP contribution in [-0.4, -0.2) is 33.8 Å². The van der Waals surface area contributed by atoms with Crippen LogP contribution in [0.3, 0.4) is 0 Å². The van der Waals surface area contributed by atoms with Crippen molar-refractivity contribution in [2.45, 2.75) is 51.2 Å². The summed E-state index contributed by atoms with van der Waals surface area (Å²) in [6.07, 6.45) is 6.51. The number of carbonyl (C=O) groups is 1. The van der Waals surface area contributed by atoms with E-state index in [1.54, 1.807) is 6.20 Å². The first kappa shape index (κ1) is 19.2. The van der Waals surface area contributed by atoms with Crippen LogP contribution < -0.4 is 10.6 Å². The molecular formula is C13H24Cl2N4O. The molecule has 0 saturated carbocycles. The van der Waals surface area contributed by atoms with Gasteiger partial charge in [0.2, 0.25) is 5.91 Å². The average molecular weight is 323 g/mol. The SMILES string of the molecule is CCC1(C(=O)NC(C)Cn2cccn2)CCCN1.Cl.Cl. The van der Waals surface area contributed by atoms with E-state index in [0.717, 1.165) is 25.8 Å². The topological polar surface area (TPSA) is 59.0 Å². The number of rotatable bonds is 5. The van der Waals surface area contributed by atoms with E-state index in [-0.39, 0.29) is 42.3 Å². The van der Waals surface area contributed by atoms with Crippen LogP contribution >= 0.6 is 24.8 Å². The maximum absolute atomic E-state index is 12.3. The molecule has 7 heteroatoms. The van der Waals surface area contributed by atoms with Gasteiger partial charge in [0, 0.05) is 18.4 Å². The zero-order valence-electron chi connectivity index (χ0n) is 12.0. The Hall–Kier alpha value is -0.780. The number of amides is 1. The minimum absolute atomic E-state index is 0. The number of hydrogen-bond acceptors (Lipinski definition) is 3. The van der Waals surface area contributed by atoms with Crippen molar-refractivity contribution in [3.63, 3.8) is 0 Å². The van der Waals surface area contributed by atoms with Crippen LogP contribution in [-0.2, 0) is 11.3 Å². The molecule has 0 spiro atoms. The molecule has 2 atom stereocenters. The van der Waals surface area contributed by atoms with Crippen molar-refractivity contribution >= 4 is 30.7 Å². The summed E-state index contributed by atoms with van der Waals surface area (Å²) in [6, 6.07) is 1.98. The van der Waals surface area contributed by atoms with Crippen LogP contribution in [0.2, 0.25) is 0 Å². The molecule has 0 aromatic carbocycles. The third kappa shape index (κ3) is 4.36. The molecule has 1 aromatic heterocycles. The monoisotopic (exact) mass is 322 g/mol. The Balaban J connectivity index is 0.00000180. The Kier molecular flexibility index (Phi) is 8.16. The number of aromatic nitrogens is 2. The highest BCUT2D eigenvalue weighted by Crippen LogP contribution is 2.23. The van der Waals surface area contributed by atoms with Gasteiger partial charge in [-0.1, -0.05) is 6.92 Å². The van der Waals surface area contributed by atoms with Gasteiger partial charge in [0.05, 0.1) is 12.1 Å². The third-order valence-electron chi connectivity index (χ3n) is 3.68. The predicted molar refractivity (Wildman–Crippen MR) is 84.6 cm³/mol. The highest BCUT2D eigenvalue weighted by molar-refractivity contribution is 5.86. The molecule has 5 nitrogen and oxygen atoms in total. The van der Waals surface area contributed by atoms with Crippen molar-refractivity contribution < 1.29 is 4.79 Å². The Labute approximate surface area is 132 Å². The molecule has 116 valence electrons. The summed E-state index contributed by atoms with van der Waals surface area (Å²) in [4.78, 5) is 12.3. The zero-order chi connectivity index (χ0) is 13.0. The van der Waals surface area contributed by atoms with Crippen LogP contribution in [0.1, 0.15) is 33.1 Å². The van der Waals surface area contributed by atoms with Crippen molar-refractivity contribution in [3.8, 4) is 0 Å². The summed E-state index contributed by atoms with van der Waals surface area (Å²) >= 11 is 0. The quantitative estimate of drug-likeness (QED) is 0.868. The highest BCUT2D eigenvalue weighted by Gasteiger charge is 2.39. The first-order chi connectivity index (χ1) is 8.66. The molecule has 2 unspecified atom stereocenters. The second-order valence-corrected chi connectivity index (χ2v) is 5.07. The van der Waals surface area contributed by atoms with E-state index >= 15 is 0 Å². The largest absolute Gasteiger partial charge is 0.350 e. The fourth-order valence-electron chi connectivity index (χ4n) is 2.56. The molecule has 1 fully saturated rings. The third-order valence-corrected chi connectivity index (χ3v) is 3.68. The van der Waals surface area contributed by atoms with Crippen LogP contribution in [0.15, 0.2) is 18.5 Å². The molecule has 0 aliphatic carbocycles. The van der Waals surface area contributed by atoms with Gasteiger partial charge in [0.15, 0.2) is 0 Å². The van der Waals surface area contributed by atoms with Crippen LogP contribution in [0.5, 0.6) is 0 Å². The minimum atomic E-state index is -0.349. The van der Waals surface area contributed by atoms with Crippen molar-refractivity contribution in [1.29, 1.82) is 0 Å².